The quantitative estimate of drug-likeness (QED) is 0.634. The molecule has 0 aromatic carbocycles. The van der Waals surface area contributed by atoms with E-state index in [2.05, 4.69) is 26.3 Å². The molecule has 0 radical (unpaired) electrons. The number of anilines is 1. The van der Waals surface area contributed by atoms with Gasteiger partial charge in [-0.15, -0.1) is 0 Å². The minimum atomic E-state index is 0.0181. The number of nitrogens with one attached hydrogen (secondary N) is 1. The first kappa shape index (κ1) is 14.8. The fourth-order valence-corrected chi connectivity index (χ4v) is 4.03. The number of hydrogen-bond donors (Lipinski definition) is 2. The summed E-state index contributed by atoms with van der Waals surface area (Å²) in [5, 5.41) is 0. The summed E-state index contributed by atoms with van der Waals surface area (Å²) in [5.74, 6) is 5.92. The van der Waals surface area contributed by atoms with Gasteiger partial charge in [-0.1, -0.05) is 12.8 Å². The SMILES string of the molecule is NNc1ncc(Br)cc1C(=O)N1CCC2(CCCC2)CC1. The van der Waals surface area contributed by atoms with Gasteiger partial charge in [-0.2, -0.15) is 0 Å². The summed E-state index contributed by atoms with van der Waals surface area (Å²) in [7, 11) is 0. The average molecular weight is 353 g/mol. The molecule has 2 aliphatic rings. The van der Waals surface area contributed by atoms with E-state index >= 15 is 0 Å². The smallest absolute Gasteiger partial charge is 0.257 e. The number of carbonyl (C=O) groups excluding carboxylic acids is 1. The molecule has 0 atom stereocenters. The Labute approximate surface area is 133 Å². The van der Waals surface area contributed by atoms with Gasteiger partial charge in [0.1, 0.15) is 0 Å². The van der Waals surface area contributed by atoms with Crippen LogP contribution in [0, 0.1) is 5.41 Å². The standard InChI is InChI=1S/C15H21BrN4O/c16-11-9-12(13(19-17)18-10-11)14(21)20-7-5-15(6-8-20)3-1-2-4-15/h9-10H,1-8,17H2,(H,18,19). The molecule has 2 heterocycles. The van der Waals surface area contributed by atoms with Crippen molar-refractivity contribution < 1.29 is 4.79 Å². The second-order valence-corrected chi connectivity index (χ2v) is 7.11. The van der Waals surface area contributed by atoms with E-state index in [4.69, 9.17) is 5.84 Å². The maximum Gasteiger partial charge on any atom is 0.257 e. The molecule has 5 nitrogen and oxygen atoms in total. The van der Waals surface area contributed by atoms with Crippen molar-refractivity contribution in [1.29, 1.82) is 0 Å². The Morgan fingerprint density at radius 1 is 1.29 bits per heavy atom. The monoisotopic (exact) mass is 352 g/mol. The Balaban J connectivity index is 1.73. The van der Waals surface area contributed by atoms with Crippen LogP contribution in [0.5, 0.6) is 0 Å². The number of carbonyl (C=O) groups is 1. The summed E-state index contributed by atoms with van der Waals surface area (Å²) in [6.07, 6.45) is 9.27. The van der Waals surface area contributed by atoms with Crippen molar-refractivity contribution in [3.05, 3.63) is 22.3 Å². The molecular formula is C15H21BrN4O. The summed E-state index contributed by atoms with van der Waals surface area (Å²) in [6.45, 7) is 1.69. The average Bonchev–Trinajstić information content (AvgIpc) is 2.95. The molecule has 0 bridgehead atoms. The second kappa shape index (κ2) is 5.93. The Morgan fingerprint density at radius 3 is 2.57 bits per heavy atom. The number of hydrazine groups is 1. The summed E-state index contributed by atoms with van der Waals surface area (Å²) in [5.41, 5.74) is 3.56. The maximum atomic E-state index is 12.7. The van der Waals surface area contributed by atoms with E-state index in [1.54, 1.807) is 12.3 Å². The van der Waals surface area contributed by atoms with Gasteiger partial charge in [-0.25, -0.2) is 10.8 Å². The molecule has 1 aromatic heterocycles. The zero-order valence-corrected chi connectivity index (χ0v) is 13.7. The minimum absolute atomic E-state index is 0.0181. The molecular weight excluding hydrogens is 332 g/mol. The van der Waals surface area contributed by atoms with Crippen LogP contribution in [0.2, 0.25) is 0 Å². The van der Waals surface area contributed by atoms with Crippen molar-refractivity contribution in [3.8, 4) is 0 Å². The number of hydrogen-bond acceptors (Lipinski definition) is 4. The highest BCUT2D eigenvalue weighted by atomic mass is 79.9. The molecule has 2 fully saturated rings. The number of aromatic nitrogens is 1. The van der Waals surface area contributed by atoms with E-state index < -0.39 is 0 Å². The van der Waals surface area contributed by atoms with Gasteiger partial charge in [-0.05, 0) is 53.1 Å². The lowest BCUT2D eigenvalue weighted by atomic mass is 9.77. The van der Waals surface area contributed by atoms with E-state index in [1.807, 2.05) is 4.90 Å². The Morgan fingerprint density at radius 2 is 1.95 bits per heavy atom. The van der Waals surface area contributed by atoms with Gasteiger partial charge in [0.15, 0.2) is 5.82 Å². The minimum Gasteiger partial charge on any atom is -0.338 e. The summed E-state index contributed by atoms with van der Waals surface area (Å²) >= 11 is 3.36. The number of nitrogen functional groups attached to an aromatic ring is 1. The zero-order chi connectivity index (χ0) is 14.9. The van der Waals surface area contributed by atoms with Crippen LogP contribution in [0.15, 0.2) is 16.7 Å². The summed E-state index contributed by atoms with van der Waals surface area (Å²) < 4.78 is 0.786. The van der Waals surface area contributed by atoms with E-state index in [0.717, 1.165) is 30.4 Å². The highest BCUT2D eigenvalue weighted by molar-refractivity contribution is 9.10. The van der Waals surface area contributed by atoms with Crippen molar-refractivity contribution in [2.45, 2.75) is 38.5 Å². The van der Waals surface area contributed by atoms with E-state index in [9.17, 15) is 4.79 Å². The molecule has 1 saturated heterocycles. The highest BCUT2D eigenvalue weighted by Gasteiger charge is 2.38. The number of halogens is 1. The van der Waals surface area contributed by atoms with E-state index in [0.29, 0.717) is 16.8 Å². The molecule has 3 rings (SSSR count). The van der Waals surface area contributed by atoms with Gasteiger partial charge in [0.25, 0.3) is 5.91 Å². The van der Waals surface area contributed by atoms with Crippen molar-refractivity contribution in [2.75, 3.05) is 18.5 Å². The molecule has 1 spiro atoms. The first-order chi connectivity index (χ1) is 10.1. The first-order valence-corrected chi connectivity index (χ1v) is 8.34. The largest absolute Gasteiger partial charge is 0.338 e. The van der Waals surface area contributed by atoms with Crippen molar-refractivity contribution in [1.82, 2.24) is 9.88 Å². The lowest BCUT2D eigenvalue weighted by molar-refractivity contribution is 0.0588. The number of likely N-dealkylation sites (tertiary alicyclic amines) is 1. The van der Waals surface area contributed by atoms with Crippen LogP contribution in [-0.4, -0.2) is 28.9 Å². The molecule has 1 aromatic rings. The van der Waals surface area contributed by atoms with Crippen LogP contribution in [0.3, 0.4) is 0 Å². The predicted molar refractivity (Wildman–Crippen MR) is 85.8 cm³/mol. The van der Waals surface area contributed by atoms with E-state index in [-0.39, 0.29) is 5.91 Å². The number of piperidine rings is 1. The van der Waals surface area contributed by atoms with Gasteiger partial charge in [-0.3, -0.25) is 4.79 Å². The van der Waals surface area contributed by atoms with Crippen molar-refractivity contribution in [3.63, 3.8) is 0 Å². The molecule has 6 heteroatoms. The third-order valence-corrected chi connectivity index (χ3v) is 5.43. The molecule has 1 aliphatic carbocycles. The Kier molecular flexibility index (Phi) is 4.17. The highest BCUT2D eigenvalue weighted by Crippen LogP contribution is 2.46. The van der Waals surface area contributed by atoms with Crippen molar-refractivity contribution in [2.24, 2.45) is 11.3 Å². The molecule has 1 aliphatic heterocycles. The van der Waals surface area contributed by atoms with Crippen LogP contribution in [0.25, 0.3) is 0 Å². The van der Waals surface area contributed by atoms with Crippen LogP contribution in [0.1, 0.15) is 48.9 Å². The molecule has 21 heavy (non-hydrogen) atoms. The number of amides is 1. The van der Waals surface area contributed by atoms with Crippen LogP contribution in [0.4, 0.5) is 5.82 Å². The second-order valence-electron chi connectivity index (χ2n) is 6.19. The number of nitrogens with two attached hydrogens (primary N) is 1. The fraction of sp³-hybridized carbons (Fsp3) is 0.600. The number of nitrogens with zero attached hydrogens (tertiary/aromatic N) is 2. The fourth-order valence-electron chi connectivity index (χ4n) is 3.70. The lowest BCUT2D eigenvalue weighted by Crippen LogP contribution is -2.42. The lowest BCUT2D eigenvalue weighted by Gasteiger charge is -2.39. The third kappa shape index (κ3) is 2.92. The van der Waals surface area contributed by atoms with Gasteiger partial charge >= 0.3 is 0 Å². The predicted octanol–water partition coefficient (Wildman–Crippen LogP) is 2.93. The third-order valence-electron chi connectivity index (χ3n) is 5.00. The summed E-state index contributed by atoms with van der Waals surface area (Å²) in [4.78, 5) is 18.8. The van der Waals surface area contributed by atoms with Crippen LogP contribution >= 0.6 is 15.9 Å². The molecule has 3 N–H and O–H groups in total. The number of pyridine rings is 1. The van der Waals surface area contributed by atoms with Gasteiger partial charge in [0.05, 0.1) is 5.56 Å². The Hall–Kier alpha value is -1.14. The first-order valence-electron chi connectivity index (χ1n) is 7.55. The van der Waals surface area contributed by atoms with Crippen LogP contribution in [-0.2, 0) is 0 Å². The molecule has 1 amide bonds. The van der Waals surface area contributed by atoms with Crippen molar-refractivity contribution >= 4 is 27.7 Å². The molecule has 1 saturated carbocycles. The normalized spacial score (nSPS) is 20.8. The molecule has 0 unspecified atom stereocenters. The van der Waals surface area contributed by atoms with Crippen LogP contribution < -0.4 is 11.3 Å². The maximum absolute atomic E-state index is 12.7. The van der Waals surface area contributed by atoms with Gasteiger partial charge in [0, 0.05) is 23.8 Å². The van der Waals surface area contributed by atoms with Gasteiger partial charge < -0.3 is 10.3 Å². The zero-order valence-electron chi connectivity index (χ0n) is 12.1. The van der Waals surface area contributed by atoms with E-state index in [1.165, 1.54) is 25.7 Å². The van der Waals surface area contributed by atoms with Gasteiger partial charge in [0.2, 0.25) is 0 Å². The number of rotatable bonds is 2. The summed E-state index contributed by atoms with van der Waals surface area (Å²) in [6, 6.07) is 1.78. The molecule has 114 valence electrons. The topological polar surface area (TPSA) is 71.2 Å². The Bertz CT molecular complexity index is 532.